The van der Waals surface area contributed by atoms with E-state index in [2.05, 4.69) is 45.3 Å². The second-order valence-corrected chi connectivity index (χ2v) is 9.75. The molecule has 0 bridgehead atoms. The van der Waals surface area contributed by atoms with Crippen molar-refractivity contribution in [2.24, 2.45) is 5.10 Å². The molecule has 1 amide bonds. The zero-order valence-corrected chi connectivity index (χ0v) is 22.1. The van der Waals surface area contributed by atoms with Crippen LogP contribution in [0.25, 0.3) is 0 Å². The van der Waals surface area contributed by atoms with Crippen molar-refractivity contribution in [1.29, 1.82) is 0 Å². The number of rotatable bonds is 10. The number of nitrogens with one attached hydrogen (secondary N) is 1. The molecule has 1 aromatic heterocycles. The van der Waals surface area contributed by atoms with Gasteiger partial charge in [-0.3, -0.25) is 4.79 Å². The lowest BCUT2D eigenvalue weighted by Crippen LogP contribution is -2.25. The number of nitrogens with zero attached hydrogens (tertiary/aromatic N) is 2. The van der Waals surface area contributed by atoms with Gasteiger partial charge >= 0.3 is 0 Å². The lowest BCUT2D eigenvalue weighted by molar-refractivity contribution is -0.123. The van der Waals surface area contributed by atoms with Crippen LogP contribution in [-0.4, -0.2) is 30.8 Å². The third-order valence-corrected chi connectivity index (χ3v) is 6.84. The molecule has 0 aliphatic carbocycles. The SMILES string of the molecule is COc1ccc(C=NNC(=O)COc2cc(C)c(Br)cc2C(C)C)cc1CSc1ccccn1. The maximum absolute atomic E-state index is 12.3. The smallest absolute Gasteiger partial charge is 0.277 e. The number of carbonyl (C=O) groups is 1. The van der Waals surface area contributed by atoms with Crippen molar-refractivity contribution < 1.29 is 14.3 Å². The molecule has 3 aromatic rings. The van der Waals surface area contributed by atoms with Crippen molar-refractivity contribution in [3.8, 4) is 11.5 Å². The molecular formula is C26H28BrN3O3S. The summed E-state index contributed by atoms with van der Waals surface area (Å²) < 4.78 is 12.3. The molecule has 0 aliphatic rings. The minimum absolute atomic E-state index is 0.118. The van der Waals surface area contributed by atoms with Crippen molar-refractivity contribution in [2.45, 2.75) is 37.5 Å². The highest BCUT2D eigenvalue weighted by Gasteiger charge is 2.12. The van der Waals surface area contributed by atoms with Crippen molar-refractivity contribution in [2.75, 3.05) is 13.7 Å². The van der Waals surface area contributed by atoms with Gasteiger partial charge in [0.2, 0.25) is 0 Å². The van der Waals surface area contributed by atoms with Gasteiger partial charge in [-0.05, 0) is 72.0 Å². The van der Waals surface area contributed by atoms with E-state index in [1.807, 2.05) is 55.5 Å². The van der Waals surface area contributed by atoms with Gasteiger partial charge in [0.1, 0.15) is 11.5 Å². The first-order valence-electron chi connectivity index (χ1n) is 10.8. The molecule has 3 rings (SSSR count). The van der Waals surface area contributed by atoms with Crippen molar-refractivity contribution in [3.05, 3.63) is 81.5 Å². The van der Waals surface area contributed by atoms with Gasteiger partial charge in [0.25, 0.3) is 5.91 Å². The molecule has 0 spiro atoms. The summed E-state index contributed by atoms with van der Waals surface area (Å²) in [6.45, 7) is 6.05. The highest BCUT2D eigenvalue weighted by Crippen LogP contribution is 2.32. The Labute approximate surface area is 213 Å². The number of carbonyl (C=O) groups excluding carboxylic acids is 1. The molecule has 178 valence electrons. The van der Waals surface area contributed by atoms with E-state index in [9.17, 15) is 4.79 Å². The predicted molar refractivity (Wildman–Crippen MR) is 141 cm³/mol. The van der Waals surface area contributed by atoms with Crippen molar-refractivity contribution in [3.63, 3.8) is 0 Å². The van der Waals surface area contributed by atoms with Crippen LogP contribution < -0.4 is 14.9 Å². The van der Waals surface area contributed by atoms with Gasteiger partial charge in [-0.15, -0.1) is 11.8 Å². The number of hydrogen-bond donors (Lipinski definition) is 1. The maximum Gasteiger partial charge on any atom is 0.277 e. The Morgan fingerprint density at radius 3 is 2.74 bits per heavy atom. The van der Waals surface area contributed by atoms with Gasteiger partial charge in [0, 0.05) is 22.0 Å². The summed E-state index contributed by atoms with van der Waals surface area (Å²) in [7, 11) is 1.65. The normalized spacial score (nSPS) is 11.1. The highest BCUT2D eigenvalue weighted by molar-refractivity contribution is 9.10. The first-order chi connectivity index (χ1) is 16.4. The number of benzene rings is 2. The highest BCUT2D eigenvalue weighted by atomic mass is 79.9. The fraction of sp³-hybridized carbons (Fsp3) is 0.269. The average molecular weight is 542 g/mol. The number of methoxy groups -OCH3 is 1. The number of aromatic nitrogens is 1. The Morgan fingerprint density at radius 1 is 1.21 bits per heavy atom. The van der Waals surface area contributed by atoms with E-state index in [1.165, 1.54) is 0 Å². The van der Waals surface area contributed by atoms with E-state index >= 15 is 0 Å². The molecule has 6 nitrogen and oxygen atoms in total. The molecule has 0 unspecified atom stereocenters. The standard InChI is InChI=1S/C26H28BrN3O3S/c1-17(2)21-13-22(27)18(3)11-24(21)33-15-25(31)30-29-14-19-8-9-23(32-4)20(12-19)16-34-26-7-5-6-10-28-26/h5-14,17H,15-16H2,1-4H3,(H,30,31). The summed E-state index contributed by atoms with van der Waals surface area (Å²) in [5, 5.41) is 5.03. The van der Waals surface area contributed by atoms with Crippen LogP contribution in [0.3, 0.4) is 0 Å². The monoisotopic (exact) mass is 541 g/mol. The number of thioether (sulfide) groups is 1. The fourth-order valence-electron chi connectivity index (χ4n) is 3.18. The molecular weight excluding hydrogens is 514 g/mol. The van der Waals surface area contributed by atoms with E-state index in [4.69, 9.17) is 9.47 Å². The zero-order chi connectivity index (χ0) is 24.5. The molecule has 0 aliphatic heterocycles. The molecule has 1 heterocycles. The van der Waals surface area contributed by atoms with Crippen LogP contribution in [0.4, 0.5) is 0 Å². The van der Waals surface area contributed by atoms with Gasteiger partial charge in [-0.1, -0.05) is 35.8 Å². The summed E-state index contributed by atoms with van der Waals surface area (Å²) in [5.74, 6) is 2.15. The van der Waals surface area contributed by atoms with Gasteiger partial charge < -0.3 is 9.47 Å². The number of hydrogen-bond acceptors (Lipinski definition) is 6. The van der Waals surface area contributed by atoms with Gasteiger partial charge in [-0.25, -0.2) is 10.4 Å². The van der Waals surface area contributed by atoms with E-state index < -0.39 is 0 Å². The van der Waals surface area contributed by atoms with Crippen LogP contribution in [-0.2, 0) is 10.5 Å². The summed E-state index contributed by atoms with van der Waals surface area (Å²) in [5.41, 5.74) is 6.50. The zero-order valence-electron chi connectivity index (χ0n) is 19.7. The first kappa shape index (κ1) is 25.8. The lowest BCUT2D eigenvalue weighted by atomic mass is 10.0. The molecule has 34 heavy (non-hydrogen) atoms. The van der Waals surface area contributed by atoms with Gasteiger partial charge in [0.05, 0.1) is 18.4 Å². The van der Waals surface area contributed by atoms with Crippen molar-refractivity contribution >= 4 is 39.8 Å². The quantitative estimate of drug-likeness (QED) is 0.190. The van der Waals surface area contributed by atoms with E-state index in [-0.39, 0.29) is 18.4 Å². The summed E-state index contributed by atoms with van der Waals surface area (Å²) >= 11 is 5.18. The van der Waals surface area contributed by atoms with Crippen LogP contribution >= 0.6 is 27.7 Å². The second kappa shape index (κ2) is 12.6. The van der Waals surface area contributed by atoms with Gasteiger partial charge in [0.15, 0.2) is 6.61 Å². The minimum Gasteiger partial charge on any atom is -0.496 e. The van der Waals surface area contributed by atoms with E-state index in [0.29, 0.717) is 11.5 Å². The van der Waals surface area contributed by atoms with Crippen LogP contribution in [0, 0.1) is 6.92 Å². The molecule has 0 radical (unpaired) electrons. The van der Waals surface area contributed by atoms with Crippen LogP contribution in [0.2, 0.25) is 0 Å². The maximum atomic E-state index is 12.3. The molecule has 0 atom stereocenters. The van der Waals surface area contributed by atoms with Crippen LogP contribution in [0.15, 0.2) is 69.3 Å². The first-order valence-corrected chi connectivity index (χ1v) is 12.6. The molecule has 2 aromatic carbocycles. The number of amides is 1. The van der Waals surface area contributed by atoms with Crippen molar-refractivity contribution in [1.82, 2.24) is 10.4 Å². The molecule has 1 N–H and O–H groups in total. The Kier molecular flexibility index (Phi) is 9.53. The Bertz CT molecular complexity index is 1150. The number of halogens is 1. The Morgan fingerprint density at radius 2 is 2.03 bits per heavy atom. The molecule has 0 saturated heterocycles. The molecule has 0 fully saturated rings. The number of hydrazone groups is 1. The topological polar surface area (TPSA) is 72.8 Å². The predicted octanol–water partition coefficient (Wildman–Crippen LogP) is 6.11. The number of pyridine rings is 1. The Hall–Kier alpha value is -2.84. The lowest BCUT2D eigenvalue weighted by Gasteiger charge is -2.15. The van der Waals surface area contributed by atoms with Gasteiger partial charge in [-0.2, -0.15) is 5.10 Å². The third kappa shape index (κ3) is 7.33. The number of ether oxygens (including phenoxy) is 2. The summed E-state index contributed by atoms with van der Waals surface area (Å²) in [6, 6.07) is 15.6. The summed E-state index contributed by atoms with van der Waals surface area (Å²) in [6.07, 6.45) is 3.38. The fourth-order valence-corrected chi connectivity index (χ4v) is 4.38. The molecule has 8 heteroatoms. The third-order valence-electron chi connectivity index (χ3n) is 4.99. The second-order valence-electron chi connectivity index (χ2n) is 7.90. The largest absolute Gasteiger partial charge is 0.496 e. The van der Waals surface area contributed by atoms with Crippen LogP contribution in [0.5, 0.6) is 11.5 Å². The Balaban J connectivity index is 1.58. The minimum atomic E-state index is -0.328. The summed E-state index contributed by atoms with van der Waals surface area (Å²) in [4.78, 5) is 16.6. The molecule has 0 saturated carbocycles. The van der Waals surface area contributed by atoms with Crippen LogP contribution in [0.1, 0.15) is 42.0 Å². The van der Waals surface area contributed by atoms with E-state index in [1.54, 1.807) is 31.3 Å². The number of aryl methyl sites for hydroxylation is 1. The average Bonchev–Trinajstić information content (AvgIpc) is 2.83. The van der Waals surface area contributed by atoms with E-state index in [0.717, 1.165) is 37.5 Å².